The molecule has 0 unspecified atom stereocenters. The molecule has 0 radical (unpaired) electrons. The molecule has 11 heteroatoms. The Balaban J connectivity index is 1.65. The maximum absolute atomic E-state index is 13.7. The van der Waals surface area contributed by atoms with Gasteiger partial charge in [-0.25, -0.2) is 9.37 Å². The summed E-state index contributed by atoms with van der Waals surface area (Å²) in [7, 11) is 0. The highest BCUT2D eigenvalue weighted by Gasteiger charge is 2.17. The lowest BCUT2D eigenvalue weighted by Crippen LogP contribution is -2.23. The van der Waals surface area contributed by atoms with Crippen molar-refractivity contribution in [1.29, 1.82) is 0 Å². The first-order valence-corrected chi connectivity index (χ1v) is 11.3. The van der Waals surface area contributed by atoms with Gasteiger partial charge in [-0.05, 0) is 48.9 Å². The first-order chi connectivity index (χ1) is 16.2. The quantitative estimate of drug-likeness (QED) is 0.171. The minimum Gasteiger partial charge on any atom is -0.325 e. The molecule has 0 aliphatic heterocycles. The molecular weight excluding hydrogens is 483 g/mol. The summed E-state index contributed by atoms with van der Waals surface area (Å²) in [6.45, 7) is 1.65. The Morgan fingerprint density at radius 1 is 1.21 bits per heavy atom. The van der Waals surface area contributed by atoms with Crippen LogP contribution in [0, 0.1) is 22.9 Å². The number of non-ortho nitro benzene ring substituents is 1. The van der Waals surface area contributed by atoms with Gasteiger partial charge >= 0.3 is 0 Å². The van der Waals surface area contributed by atoms with Gasteiger partial charge in [-0.2, -0.15) is 0 Å². The number of benzene rings is 3. The fourth-order valence-electron chi connectivity index (χ4n) is 3.28. The number of nitro groups is 1. The molecule has 0 bridgehead atoms. The lowest BCUT2D eigenvalue weighted by Gasteiger charge is -2.14. The third kappa shape index (κ3) is 4.78. The number of halogens is 2. The summed E-state index contributed by atoms with van der Waals surface area (Å²) in [5.41, 5.74) is 1.27. The third-order valence-corrected chi connectivity index (χ3v) is 6.16. The lowest BCUT2D eigenvalue weighted by molar-refractivity contribution is -0.384. The number of anilines is 1. The van der Waals surface area contributed by atoms with Gasteiger partial charge in [0.25, 0.3) is 11.2 Å². The summed E-state index contributed by atoms with van der Waals surface area (Å²) < 4.78 is 15.0. The smallest absolute Gasteiger partial charge is 0.269 e. The third-order valence-electron chi connectivity index (χ3n) is 4.93. The molecule has 1 heterocycles. The molecule has 0 atom stereocenters. The van der Waals surface area contributed by atoms with E-state index in [0.717, 1.165) is 17.8 Å². The SMILES string of the molecule is Cc1cc([N+](=O)[O-])ccc1NC(=O)CSc1nc2ccccc2c(=O)n1-c1ccc(F)c(Cl)c1. The van der Waals surface area contributed by atoms with Crippen molar-refractivity contribution in [2.24, 2.45) is 0 Å². The fraction of sp³-hybridized carbons (Fsp3) is 0.0870. The summed E-state index contributed by atoms with van der Waals surface area (Å²) in [6, 6.07) is 14.8. The Bertz CT molecular complexity index is 1510. The Kier molecular flexibility index (Phi) is 6.62. The number of para-hydroxylation sites is 1. The van der Waals surface area contributed by atoms with Crippen LogP contribution in [0.25, 0.3) is 16.6 Å². The van der Waals surface area contributed by atoms with Crippen LogP contribution in [-0.4, -0.2) is 26.1 Å². The standard InChI is InChI=1S/C23H16ClFN4O4S/c1-13-10-15(29(32)33)7-9-19(13)26-21(30)12-34-23-27-20-5-3-2-4-16(20)22(31)28(23)14-6-8-18(25)17(24)11-14/h2-11H,12H2,1H3,(H,26,30). The fourth-order valence-corrected chi connectivity index (χ4v) is 4.27. The maximum Gasteiger partial charge on any atom is 0.269 e. The zero-order valence-electron chi connectivity index (χ0n) is 17.6. The van der Waals surface area contributed by atoms with Gasteiger partial charge in [0, 0.05) is 17.8 Å². The predicted molar refractivity (Wildman–Crippen MR) is 129 cm³/mol. The van der Waals surface area contributed by atoms with Gasteiger partial charge < -0.3 is 5.32 Å². The molecule has 0 aliphatic rings. The van der Waals surface area contributed by atoms with Crippen molar-refractivity contribution in [2.45, 2.75) is 12.1 Å². The van der Waals surface area contributed by atoms with Crippen molar-refractivity contribution in [3.8, 4) is 5.69 Å². The number of hydrogen-bond donors (Lipinski definition) is 1. The Hall–Kier alpha value is -3.76. The molecule has 0 saturated carbocycles. The van der Waals surface area contributed by atoms with Crippen molar-refractivity contribution < 1.29 is 14.1 Å². The average molecular weight is 499 g/mol. The first-order valence-electron chi connectivity index (χ1n) is 9.89. The van der Waals surface area contributed by atoms with Crippen LogP contribution in [0.3, 0.4) is 0 Å². The van der Waals surface area contributed by atoms with Crippen LogP contribution >= 0.6 is 23.4 Å². The number of carbonyl (C=O) groups excluding carboxylic acids is 1. The number of hydrogen-bond acceptors (Lipinski definition) is 6. The highest BCUT2D eigenvalue weighted by Crippen LogP contribution is 2.25. The number of nitro benzene ring substituents is 1. The zero-order chi connectivity index (χ0) is 24.4. The van der Waals surface area contributed by atoms with E-state index < -0.39 is 16.6 Å². The van der Waals surface area contributed by atoms with E-state index in [1.807, 2.05) is 0 Å². The summed E-state index contributed by atoms with van der Waals surface area (Å²) in [5.74, 6) is -1.12. The molecular formula is C23H16ClFN4O4S. The number of aryl methyl sites for hydroxylation is 1. The number of nitrogens with zero attached hydrogens (tertiary/aromatic N) is 3. The van der Waals surface area contributed by atoms with Crippen LogP contribution in [0.15, 0.2) is 70.6 Å². The van der Waals surface area contributed by atoms with Gasteiger partial charge in [-0.3, -0.25) is 24.3 Å². The van der Waals surface area contributed by atoms with E-state index in [1.165, 1.54) is 34.9 Å². The first kappa shape index (κ1) is 23.4. The van der Waals surface area contributed by atoms with Crippen LogP contribution in [0.5, 0.6) is 0 Å². The average Bonchev–Trinajstić information content (AvgIpc) is 2.81. The molecule has 0 spiro atoms. The van der Waals surface area contributed by atoms with Crippen LogP contribution in [0.1, 0.15) is 5.56 Å². The van der Waals surface area contributed by atoms with Crippen LogP contribution in [0.4, 0.5) is 15.8 Å². The molecule has 3 aromatic carbocycles. The Morgan fingerprint density at radius 2 is 1.97 bits per heavy atom. The molecule has 1 amide bonds. The number of carbonyl (C=O) groups is 1. The van der Waals surface area contributed by atoms with E-state index in [9.17, 15) is 24.1 Å². The summed E-state index contributed by atoms with van der Waals surface area (Å²) in [4.78, 5) is 40.8. The topological polar surface area (TPSA) is 107 Å². The molecule has 1 N–H and O–H groups in total. The van der Waals surface area contributed by atoms with E-state index in [0.29, 0.717) is 27.8 Å². The second kappa shape index (κ2) is 9.62. The minimum atomic E-state index is -0.626. The van der Waals surface area contributed by atoms with Crippen LogP contribution < -0.4 is 10.9 Å². The molecule has 4 aromatic rings. The number of fused-ring (bicyclic) bond motifs is 1. The zero-order valence-corrected chi connectivity index (χ0v) is 19.2. The van der Waals surface area contributed by atoms with Gasteiger partial charge in [0.1, 0.15) is 5.82 Å². The maximum atomic E-state index is 13.7. The molecule has 4 rings (SSSR count). The molecule has 0 fully saturated rings. The van der Waals surface area contributed by atoms with Crippen molar-refractivity contribution in [1.82, 2.24) is 9.55 Å². The number of rotatable bonds is 6. The number of aromatic nitrogens is 2. The number of nitrogens with one attached hydrogen (secondary N) is 1. The van der Waals surface area contributed by atoms with E-state index in [1.54, 1.807) is 31.2 Å². The highest BCUT2D eigenvalue weighted by atomic mass is 35.5. The minimum absolute atomic E-state index is 0.0767. The van der Waals surface area contributed by atoms with E-state index >= 15 is 0 Å². The van der Waals surface area contributed by atoms with Crippen LogP contribution in [0.2, 0.25) is 5.02 Å². The van der Waals surface area contributed by atoms with Crippen LogP contribution in [-0.2, 0) is 4.79 Å². The summed E-state index contributed by atoms with van der Waals surface area (Å²) in [6.07, 6.45) is 0. The van der Waals surface area contributed by atoms with Gasteiger partial charge in [-0.1, -0.05) is 35.5 Å². The van der Waals surface area contributed by atoms with Gasteiger partial charge in [0.05, 0.1) is 32.3 Å². The molecule has 34 heavy (non-hydrogen) atoms. The van der Waals surface area contributed by atoms with E-state index in [2.05, 4.69) is 10.3 Å². The second-order valence-corrected chi connectivity index (χ2v) is 8.59. The summed E-state index contributed by atoms with van der Waals surface area (Å²) in [5, 5.41) is 14.0. The molecule has 1 aromatic heterocycles. The largest absolute Gasteiger partial charge is 0.325 e. The predicted octanol–water partition coefficient (Wildman–Crippen LogP) is 5.13. The lowest BCUT2D eigenvalue weighted by atomic mass is 10.2. The highest BCUT2D eigenvalue weighted by molar-refractivity contribution is 7.99. The molecule has 172 valence electrons. The van der Waals surface area contributed by atoms with Gasteiger partial charge in [0.15, 0.2) is 5.16 Å². The second-order valence-electron chi connectivity index (χ2n) is 7.24. The van der Waals surface area contributed by atoms with Crippen molar-refractivity contribution in [2.75, 3.05) is 11.1 Å². The summed E-state index contributed by atoms with van der Waals surface area (Å²) >= 11 is 6.94. The normalized spacial score (nSPS) is 10.9. The van der Waals surface area contributed by atoms with E-state index in [4.69, 9.17) is 11.6 Å². The van der Waals surface area contributed by atoms with E-state index in [-0.39, 0.29) is 27.2 Å². The molecule has 0 saturated heterocycles. The Labute approximate surface area is 201 Å². The monoisotopic (exact) mass is 498 g/mol. The van der Waals surface area contributed by atoms with Gasteiger partial charge in [0.2, 0.25) is 5.91 Å². The number of thioether (sulfide) groups is 1. The molecule has 0 aliphatic carbocycles. The Morgan fingerprint density at radius 3 is 2.68 bits per heavy atom. The van der Waals surface area contributed by atoms with Gasteiger partial charge in [-0.15, -0.1) is 0 Å². The number of amides is 1. The van der Waals surface area contributed by atoms with Crippen molar-refractivity contribution >= 4 is 51.5 Å². The molecule has 8 nitrogen and oxygen atoms in total. The van der Waals surface area contributed by atoms with Crippen molar-refractivity contribution in [3.63, 3.8) is 0 Å². The van der Waals surface area contributed by atoms with Crippen molar-refractivity contribution in [3.05, 3.63) is 97.5 Å².